The van der Waals surface area contributed by atoms with Gasteiger partial charge in [-0.25, -0.2) is 4.79 Å². The maximum atomic E-state index is 12.9. The normalized spacial score (nSPS) is 16.0. The van der Waals surface area contributed by atoms with Gasteiger partial charge in [-0.05, 0) is 42.0 Å². The summed E-state index contributed by atoms with van der Waals surface area (Å²) in [7, 11) is 0. The second-order valence-electron chi connectivity index (χ2n) is 7.04. The molecule has 1 heterocycles. The molecule has 0 aromatic heterocycles. The van der Waals surface area contributed by atoms with Crippen LogP contribution in [-0.2, 0) is 4.74 Å². The van der Waals surface area contributed by atoms with Gasteiger partial charge < -0.3 is 20.3 Å². The maximum Gasteiger partial charge on any atom is 0.323 e. The molecule has 6 nitrogen and oxygen atoms in total. The Kier molecular flexibility index (Phi) is 6.06. The summed E-state index contributed by atoms with van der Waals surface area (Å²) in [6.07, 6.45) is -0.119. The Balaban J connectivity index is 1.36. The van der Waals surface area contributed by atoms with Crippen molar-refractivity contribution in [3.63, 3.8) is 0 Å². The molecule has 1 saturated heterocycles. The van der Waals surface area contributed by atoms with Gasteiger partial charge in [0.15, 0.2) is 0 Å². The van der Waals surface area contributed by atoms with Crippen molar-refractivity contribution in [1.29, 1.82) is 0 Å². The molecule has 3 aromatic carbocycles. The first-order chi connectivity index (χ1) is 14.7. The fourth-order valence-corrected chi connectivity index (χ4v) is 3.40. The van der Waals surface area contributed by atoms with Gasteiger partial charge in [0, 0.05) is 23.5 Å². The zero-order chi connectivity index (χ0) is 20.8. The SMILES string of the molecule is O=C(Nc1ccccc1)Nc1ccc(C(=O)N2CCO[C@@H](c3ccccc3)C2)cc1. The van der Waals surface area contributed by atoms with Crippen molar-refractivity contribution in [2.45, 2.75) is 6.10 Å². The summed E-state index contributed by atoms with van der Waals surface area (Å²) in [5.74, 6) is -0.0421. The Labute approximate surface area is 175 Å². The molecule has 1 aliphatic rings. The number of nitrogens with one attached hydrogen (secondary N) is 2. The van der Waals surface area contributed by atoms with E-state index in [4.69, 9.17) is 4.74 Å². The topological polar surface area (TPSA) is 70.7 Å². The standard InChI is InChI=1S/C24H23N3O3/c28-23(27-15-16-30-22(17-27)18-7-3-1-4-8-18)19-11-13-21(14-12-19)26-24(29)25-20-9-5-2-6-10-20/h1-14,22H,15-17H2,(H2,25,26,29)/t22-/m1/s1. The van der Waals surface area contributed by atoms with Crippen molar-refractivity contribution in [1.82, 2.24) is 4.90 Å². The van der Waals surface area contributed by atoms with E-state index in [0.717, 1.165) is 5.56 Å². The summed E-state index contributed by atoms with van der Waals surface area (Å²) in [4.78, 5) is 26.8. The summed E-state index contributed by atoms with van der Waals surface area (Å²) in [5.41, 5.74) is 2.97. The first kappa shape index (κ1) is 19.7. The molecule has 3 aromatic rings. The van der Waals surface area contributed by atoms with Crippen molar-refractivity contribution >= 4 is 23.3 Å². The van der Waals surface area contributed by atoms with Crippen LogP contribution in [0.15, 0.2) is 84.9 Å². The number of amides is 3. The van der Waals surface area contributed by atoms with Crippen LogP contribution in [0.25, 0.3) is 0 Å². The molecule has 3 amide bonds. The molecule has 2 N–H and O–H groups in total. The number of ether oxygens (including phenoxy) is 1. The maximum absolute atomic E-state index is 12.9. The Bertz CT molecular complexity index is 991. The van der Waals surface area contributed by atoms with E-state index in [1.165, 1.54) is 0 Å². The fraction of sp³-hybridized carbons (Fsp3) is 0.167. The lowest BCUT2D eigenvalue weighted by atomic mass is 10.1. The van der Waals surface area contributed by atoms with E-state index in [1.54, 1.807) is 24.3 Å². The zero-order valence-electron chi connectivity index (χ0n) is 16.5. The molecule has 1 atom stereocenters. The van der Waals surface area contributed by atoms with Crippen LogP contribution in [0, 0.1) is 0 Å². The van der Waals surface area contributed by atoms with Crippen LogP contribution in [0.2, 0.25) is 0 Å². The summed E-state index contributed by atoms with van der Waals surface area (Å²) in [5, 5.41) is 5.53. The van der Waals surface area contributed by atoms with Crippen LogP contribution < -0.4 is 10.6 Å². The van der Waals surface area contributed by atoms with Crippen LogP contribution in [0.1, 0.15) is 22.0 Å². The summed E-state index contributed by atoms with van der Waals surface area (Å²) in [6.45, 7) is 1.58. The lowest BCUT2D eigenvalue weighted by Gasteiger charge is -2.33. The smallest absolute Gasteiger partial charge is 0.323 e. The van der Waals surface area contributed by atoms with E-state index in [0.29, 0.717) is 36.6 Å². The summed E-state index contributed by atoms with van der Waals surface area (Å²) < 4.78 is 5.84. The molecule has 0 saturated carbocycles. The van der Waals surface area contributed by atoms with Gasteiger partial charge in [0.2, 0.25) is 0 Å². The largest absolute Gasteiger partial charge is 0.370 e. The van der Waals surface area contributed by atoms with Crippen molar-refractivity contribution in [2.24, 2.45) is 0 Å². The van der Waals surface area contributed by atoms with Crippen LogP contribution >= 0.6 is 0 Å². The van der Waals surface area contributed by atoms with Gasteiger partial charge in [-0.1, -0.05) is 48.5 Å². The predicted octanol–water partition coefficient (Wildman–Crippen LogP) is 4.54. The molecular weight excluding hydrogens is 378 g/mol. The van der Waals surface area contributed by atoms with Gasteiger partial charge in [-0.15, -0.1) is 0 Å². The minimum Gasteiger partial charge on any atom is -0.370 e. The number of nitrogens with zero attached hydrogens (tertiary/aromatic N) is 1. The Hall–Kier alpha value is -3.64. The van der Waals surface area contributed by atoms with Crippen molar-refractivity contribution < 1.29 is 14.3 Å². The number of carbonyl (C=O) groups excluding carboxylic acids is 2. The highest BCUT2D eigenvalue weighted by atomic mass is 16.5. The Morgan fingerprint density at radius 1 is 0.800 bits per heavy atom. The van der Waals surface area contributed by atoms with E-state index in [-0.39, 0.29) is 18.0 Å². The van der Waals surface area contributed by atoms with Crippen molar-refractivity contribution in [3.05, 3.63) is 96.1 Å². The third-order valence-electron chi connectivity index (χ3n) is 4.95. The van der Waals surface area contributed by atoms with E-state index >= 15 is 0 Å². The van der Waals surface area contributed by atoms with Gasteiger partial charge in [-0.3, -0.25) is 4.79 Å². The number of morpholine rings is 1. The highest BCUT2D eigenvalue weighted by Crippen LogP contribution is 2.23. The average molecular weight is 401 g/mol. The van der Waals surface area contributed by atoms with Gasteiger partial charge in [0.1, 0.15) is 6.10 Å². The highest BCUT2D eigenvalue weighted by Gasteiger charge is 2.26. The molecule has 152 valence electrons. The monoisotopic (exact) mass is 401 g/mol. The quantitative estimate of drug-likeness (QED) is 0.674. The predicted molar refractivity (Wildman–Crippen MR) is 117 cm³/mol. The molecule has 0 radical (unpaired) electrons. The minimum atomic E-state index is -0.334. The number of urea groups is 1. The molecule has 6 heteroatoms. The number of anilines is 2. The van der Waals surface area contributed by atoms with Crippen LogP contribution in [0.3, 0.4) is 0 Å². The van der Waals surface area contributed by atoms with E-state index < -0.39 is 0 Å². The van der Waals surface area contributed by atoms with Gasteiger partial charge in [0.25, 0.3) is 5.91 Å². The zero-order valence-corrected chi connectivity index (χ0v) is 16.5. The number of para-hydroxylation sites is 1. The second kappa shape index (κ2) is 9.24. The number of hydrogen-bond donors (Lipinski definition) is 2. The molecule has 0 unspecified atom stereocenters. The van der Waals surface area contributed by atoms with Crippen molar-refractivity contribution in [3.8, 4) is 0 Å². The average Bonchev–Trinajstić information content (AvgIpc) is 2.80. The Morgan fingerprint density at radius 2 is 1.40 bits per heavy atom. The molecule has 30 heavy (non-hydrogen) atoms. The van der Waals surface area contributed by atoms with E-state index in [2.05, 4.69) is 10.6 Å². The van der Waals surface area contributed by atoms with Crippen molar-refractivity contribution in [2.75, 3.05) is 30.3 Å². The third kappa shape index (κ3) is 4.85. The number of rotatable bonds is 4. The highest BCUT2D eigenvalue weighted by molar-refractivity contribution is 6.00. The van der Waals surface area contributed by atoms with Gasteiger partial charge in [-0.2, -0.15) is 0 Å². The van der Waals surface area contributed by atoms with Gasteiger partial charge in [0.05, 0.1) is 13.2 Å². The molecule has 0 bridgehead atoms. The van der Waals surface area contributed by atoms with Crippen LogP contribution in [-0.4, -0.2) is 36.5 Å². The molecule has 4 rings (SSSR count). The Morgan fingerprint density at radius 3 is 2.07 bits per heavy atom. The first-order valence-corrected chi connectivity index (χ1v) is 9.88. The molecule has 0 spiro atoms. The second-order valence-corrected chi connectivity index (χ2v) is 7.04. The summed E-state index contributed by atoms with van der Waals surface area (Å²) >= 11 is 0. The third-order valence-corrected chi connectivity index (χ3v) is 4.95. The fourth-order valence-electron chi connectivity index (χ4n) is 3.40. The van der Waals surface area contributed by atoms with Crippen LogP contribution in [0.4, 0.5) is 16.2 Å². The van der Waals surface area contributed by atoms with E-state index in [1.807, 2.05) is 65.6 Å². The number of carbonyl (C=O) groups is 2. The van der Waals surface area contributed by atoms with Gasteiger partial charge >= 0.3 is 6.03 Å². The van der Waals surface area contributed by atoms with E-state index in [9.17, 15) is 9.59 Å². The lowest BCUT2D eigenvalue weighted by molar-refractivity contribution is -0.0228. The number of hydrogen-bond acceptors (Lipinski definition) is 3. The first-order valence-electron chi connectivity index (χ1n) is 9.88. The minimum absolute atomic E-state index is 0.0421. The van der Waals surface area contributed by atoms with Crippen LogP contribution in [0.5, 0.6) is 0 Å². The molecular formula is C24H23N3O3. The molecule has 1 aliphatic heterocycles. The summed E-state index contributed by atoms with van der Waals surface area (Å²) in [6, 6.07) is 25.7. The molecule has 0 aliphatic carbocycles. The number of benzene rings is 3. The molecule has 1 fully saturated rings. The lowest BCUT2D eigenvalue weighted by Crippen LogP contribution is -2.42.